The Morgan fingerprint density at radius 2 is 1.13 bits per heavy atom. The van der Waals surface area contributed by atoms with Gasteiger partial charge in [-0.05, 0) is 25.7 Å². The summed E-state index contributed by atoms with van der Waals surface area (Å²) in [5.41, 5.74) is -0.529. The molecule has 2 fully saturated rings. The van der Waals surface area contributed by atoms with Crippen molar-refractivity contribution in [3.05, 3.63) is 0 Å². The van der Waals surface area contributed by atoms with E-state index in [1.54, 1.807) is 0 Å². The van der Waals surface area contributed by atoms with Crippen LogP contribution in [0.1, 0.15) is 64.2 Å². The molecule has 0 aromatic rings. The fourth-order valence-corrected chi connectivity index (χ4v) is 3.09. The minimum atomic E-state index is -0.529. The van der Waals surface area contributed by atoms with E-state index in [0.29, 0.717) is 12.8 Å². The maximum absolute atomic E-state index is 12.1. The van der Waals surface area contributed by atoms with Gasteiger partial charge in [0.15, 0.2) is 0 Å². The summed E-state index contributed by atoms with van der Waals surface area (Å²) >= 11 is 0. The van der Waals surface area contributed by atoms with E-state index in [1.807, 2.05) is 0 Å². The normalized spacial score (nSPS) is 27.5. The number of hydrogen-bond donors (Lipinski definition) is 0. The average Bonchev–Trinajstić information content (AvgIpc) is 2.27. The minimum Gasteiger partial charge on any atom is -0.299 e. The highest BCUT2D eigenvalue weighted by molar-refractivity contribution is 6.07. The molecule has 0 amide bonds. The summed E-state index contributed by atoms with van der Waals surface area (Å²) in [6.45, 7) is 0. The molecule has 2 rings (SSSR count). The molecule has 0 aromatic carbocycles. The lowest BCUT2D eigenvalue weighted by Crippen LogP contribution is -2.41. The maximum atomic E-state index is 12.1. The van der Waals surface area contributed by atoms with Crippen molar-refractivity contribution in [2.45, 2.75) is 64.2 Å². The number of rotatable bonds is 0. The van der Waals surface area contributed by atoms with E-state index in [4.69, 9.17) is 0 Å². The number of hydrogen-bond acceptors (Lipinski definition) is 2. The molecular weight excluding hydrogens is 188 g/mol. The van der Waals surface area contributed by atoms with Gasteiger partial charge < -0.3 is 0 Å². The highest BCUT2D eigenvalue weighted by atomic mass is 16.2. The van der Waals surface area contributed by atoms with E-state index in [0.717, 1.165) is 44.9 Å². The average molecular weight is 208 g/mol. The monoisotopic (exact) mass is 208 g/mol. The first-order valence-corrected chi connectivity index (χ1v) is 6.32. The van der Waals surface area contributed by atoms with Crippen molar-refractivity contribution in [3.63, 3.8) is 0 Å². The first-order valence-electron chi connectivity index (χ1n) is 6.32. The number of carbonyl (C=O) groups is 2. The fraction of sp³-hybridized carbons (Fsp3) is 0.846. The van der Waals surface area contributed by atoms with Crippen molar-refractivity contribution in [1.29, 1.82) is 0 Å². The lowest BCUT2D eigenvalue weighted by Gasteiger charge is -2.35. The van der Waals surface area contributed by atoms with E-state index >= 15 is 0 Å². The summed E-state index contributed by atoms with van der Waals surface area (Å²) in [7, 11) is 0. The van der Waals surface area contributed by atoms with Crippen LogP contribution in [-0.2, 0) is 9.59 Å². The summed E-state index contributed by atoms with van der Waals surface area (Å²) in [6.07, 6.45) is 9.33. The number of Topliss-reactive ketones (excluding diaryl/α,β-unsaturated/α-hetero) is 2. The molecule has 0 N–H and O–H groups in total. The number of ketones is 2. The van der Waals surface area contributed by atoms with E-state index in [-0.39, 0.29) is 11.6 Å². The second kappa shape index (κ2) is 4.46. The standard InChI is InChI=1S/C13H20O2/c14-11-7-3-1-4-8-12(15)13(11)9-5-2-6-10-13/h1-10H2. The second-order valence-electron chi connectivity index (χ2n) is 5.05. The van der Waals surface area contributed by atoms with Gasteiger partial charge in [-0.1, -0.05) is 25.7 Å². The molecule has 0 heterocycles. The van der Waals surface area contributed by atoms with Gasteiger partial charge in [-0.15, -0.1) is 0 Å². The molecule has 2 heteroatoms. The first-order chi connectivity index (χ1) is 7.26. The van der Waals surface area contributed by atoms with Crippen molar-refractivity contribution in [2.24, 2.45) is 5.41 Å². The minimum absolute atomic E-state index is 0.256. The van der Waals surface area contributed by atoms with Crippen molar-refractivity contribution in [2.75, 3.05) is 0 Å². The zero-order valence-electron chi connectivity index (χ0n) is 9.39. The molecular formula is C13H20O2. The molecule has 0 bridgehead atoms. The fourth-order valence-electron chi connectivity index (χ4n) is 3.09. The summed E-state index contributed by atoms with van der Waals surface area (Å²) < 4.78 is 0. The Hall–Kier alpha value is -0.660. The highest BCUT2D eigenvalue weighted by Crippen LogP contribution is 2.41. The summed E-state index contributed by atoms with van der Waals surface area (Å²) in [5.74, 6) is 0.513. The van der Waals surface area contributed by atoms with Crippen LogP contribution in [0.3, 0.4) is 0 Å². The van der Waals surface area contributed by atoms with Crippen LogP contribution in [0.25, 0.3) is 0 Å². The van der Waals surface area contributed by atoms with Gasteiger partial charge in [0.05, 0.1) is 5.41 Å². The molecule has 2 saturated carbocycles. The molecule has 0 atom stereocenters. The van der Waals surface area contributed by atoms with Crippen molar-refractivity contribution in [1.82, 2.24) is 0 Å². The van der Waals surface area contributed by atoms with Gasteiger partial charge in [-0.2, -0.15) is 0 Å². The molecule has 15 heavy (non-hydrogen) atoms. The van der Waals surface area contributed by atoms with Crippen LogP contribution in [0.2, 0.25) is 0 Å². The smallest absolute Gasteiger partial charge is 0.146 e. The van der Waals surface area contributed by atoms with Crippen LogP contribution in [-0.4, -0.2) is 11.6 Å². The third-order valence-electron chi connectivity index (χ3n) is 4.08. The second-order valence-corrected chi connectivity index (χ2v) is 5.05. The quantitative estimate of drug-likeness (QED) is 0.573. The lowest BCUT2D eigenvalue weighted by atomic mass is 9.65. The van der Waals surface area contributed by atoms with Gasteiger partial charge in [0.1, 0.15) is 11.6 Å². The molecule has 0 aliphatic heterocycles. The van der Waals surface area contributed by atoms with Crippen LogP contribution >= 0.6 is 0 Å². The topological polar surface area (TPSA) is 34.1 Å². The Balaban J connectivity index is 2.20. The third kappa shape index (κ3) is 1.99. The van der Waals surface area contributed by atoms with Gasteiger partial charge in [-0.25, -0.2) is 0 Å². The van der Waals surface area contributed by atoms with E-state index in [1.165, 1.54) is 6.42 Å². The Morgan fingerprint density at radius 1 is 0.667 bits per heavy atom. The first kappa shape index (κ1) is 10.8. The molecule has 0 saturated heterocycles. The van der Waals surface area contributed by atoms with Gasteiger partial charge in [-0.3, -0.25) is 9.59 Å². The predicted octanol–water partition coefficient (Wildman–Crippen LogP) is 3.04. The zero-order chi connectivity index (χ0) is 10.7. The van der Waals surface area contributed by atoms with Crippen molar-refractivity contribution in [3.8, 4) is 0 Å². The molecule has 2 aliphatic carbocycles. The number of carbonyl (C=O) groups excluding carboxylic acids is 2. The third-order valence-corrected chi connectivity index (χ3v) is 4.08. The Bertz CT molecular complexity index is 242. The van der Waals surface area contributed by atoms with Crippen LogP contribution in [0.15, 0.2) is 0 Å². The van der Waals surface area contributed by atoms with Crippen LogP contribution in [0.4, 0.5) is 0 Å². The van der Waals surface area contributed by atoms with Crippen LogP contribution in [0, 0.1) is 5.41 Å². The highest BCUT2D eigenvalue weighted by Gasteiger charge is 2.44. The van der Waals surface area contributed by atoms with E-state index in [9.17, 15) is 9.59 Å². The van der Waals surface area contributed by atoms with Gasteiger partial charge in [0, 0.05) is 12.8 Å². The molecule has 84 valence electrons. The van der Waals surface area contributed by atoms with Gasteiger partial charge in [0.25, 0.3) is 0 Å². The van der Waals surface area contributed by atoms with E-state index in [2.05, 4.69) is 0 Å². The van der Waals surface area contributed by atoms with Crippen molar-refractivity contribution >= 4 is 11.6 Å². The van der Waals surface area contributed by atoms with Crippen molar-refractivity contribution < 1.29 is 9.59 Å². The van der Waals surface area contributed by atoms with Gasteiger partial charge >= 0.3 is 0 Å². The Kier molecular flexibility index (Phi) is 3.22. The SMILES string of the molecule is O=C1CCCCCC(=O)C12CCCCC2. The summed E-state index contributed by atoms with van der Waals surface area (Å²) in [6, 6.07) is 0. The molecule has 0 unspecified atom stereocenters. The Morgan fingerprint density at radius 3 is 1.67 bits per heavy atom. The zero-order valence-corrected chi connectivity index (χ0v) is 9.39. The predicted molar refractivity (Wildman–Crippen MR) is 58.6 cm³/mol. The Labute approximate surface area is 91.4 Å². The molecule has 0 aromatic heterocycles. The maximum Gasteiger partial charge on any atom is 0.146 e. The molecule has 2 aliphatic rings. The summed E-state index contributed by atoms with van der Waals surface area (Å²) in [4.78, 5) is 24.3. The summed E-state index contributed by atoms with van der Waals surface area (Å²) in [5, 5.41) is 0. The van der Waals surface area contributed by atoms with Crippen LogP contribution < -0.4 is 0 Å². The largest absolute Gasteiger partial charge is 0.299 e. The lowest BCUT2D eigenvalue weighted by molar-refractivity contribution is -0.144. The molecule has 1 spiro atoms. The molecule has 2 nitrogen and oxygen atoms in total. The van der Waals surface area contributed by atoms with Crippen LogP contribution in [0.5, 0.6) is 0 Å². The molecule has 0 radical (unpaired) electrons. The van der Waals surface area contributed by atoms with Gasteiger partial charge in [0.2, 0.25) is 0 Å². The van der Waals surface area contributed by atoms with E-state index < -0.39 is 5.41 Å².